The summed E-state index contributed by atoms with van der Waals surface area (Å²) < 4.78 is 0. The third-order valence-corrected chi connectivity index (χ3v) is 8.66. The quantitative estimate of drug-likeness (QED) is 0.595. The van der Waals surface area contributed by atoms with Crippen molar-refractivity contribution in [3.05, 3.63) is 0 Å². The highest BCUT2D eigenvalue weighted by molar-refractivity contribution is 5.77. The highest BCUT2D eigenvalue weighted by Gasteiger charge is 2.60. The van der Waals surface area contributed by atoms with E-state index < -0.39 is 0 Å². The number of nitrogens with two attached hydrogens (primary N) is 1. The van der Waals surface area contributed by atoms with Gasteiger partial charge in [-0.2, -0.15) is 0 Å². The zero-order chi connectivity index (χ0) is 22.7. The normalized spacial score (nSPS) is 40.8. The summed E-state index contributed by atoms with van der Waals surface area (Å²) in [5.41, 5.74) is 6.31. The molecule has 174 valence electrons. The van der Waals surface area contributed by atoms with E-state index >= 15 is 0 Å². The van der Waals surface area contributed by atoms with Gasteiger partial charge in [0.15, 0.2) is 0 Å². The third-order valence-electron chi connectivity index (χ3n) is 8.66. The number of primary amides is 1. The number of nitrogens with zero attached hydrogens (tertiary/aromatic N) is 2. The maximum Gasteiger partial charge on any atom is 0.221 e. The monoisotopic (exact) mass is 419 g/mol. The minimum atomic E-state index is -0.0647. The van der Waals surface area contributed by atoms with Crippen LogP contribution in [0.4, 0.5) is 0 Å². The summed E-state index contributed by atoms with van der Waals surface area (Å²) in [4.78, 5) is 18.6. The Bertz CT molecular complexity index is 571. The molecule has 0 atom stereocenters. The molecule has 4 nitrogen and oxygen atoms in total. The molecule has 6 aliphatic rings. The maximum absolute atomic E-state index is 12.9. The Morgan fingerprint density at radius 2 is 1.13 bits per heavy atom. The standard InChI is InChI=1S/C26H49N3O/c1-10-11-12-13-20-28-23(2,3)14-18(15-24(28,4)5)21(22(27)30)19-16-25(6,7)29(20)26(8,9)17-19/h18-21H,10-17H2,1-9H3,(H2,27,30). The largest absolute Gasteiger partial charge is 0.369 e. The summed E-state index contributed by atoms with van der Waals surface area (Å²) in [7, 11) is 0. The van der Waals surface area contributed by atoms with Crippen LogP contribution in [0.5, 0.6) is 0 Å². The van der Waals surface area contributed by atoms with Gasteiger partial charge < -0.3 is 5.73 Å². The van der Waals surface area contributed by atoms with Crippen LogP contribution in [0.1, 0.15) is 114 Å². The van der Waals surface area contributed by atoms with Crippen LogP contribution in [0, 0.1) is 17.8 Å². The molecule has 0 aliphatic carbocycles. The van der Waals surface area contributed by atoms with E-state index in [9.17, 15) is 4.79 Å². The summed E-state index contributed by atoms with van der Waals surface area (Å²) in [5.74, 6) is 0.677. The van der Waals surface area contributed by atoms with Crippen molar-refractivity contribution in [1.29, 1.82) is 0 Å². The summed E-state index contributed by atoms with van der Waals surface area (Å²) in [5, 5.41) is 0. The second kappa shape index (κ2) is 7.76. The number of rotatable bonds is 5. The van der Waals surface area contributed by atoms with Crippen molar-refractivity contribution < 1.29 is 4.79 Å². The summed E-state index contributed by atoms with van der Waals surface area (Å²) >= 11 is 0. The predicted molar refractivity (Wildman–Crippen MR) is 126 cm³/mol. The van der Waals surface area contributed by atoms with Crippen molar-refractivity contribution in [1.82, 2.24) is 9.80 Å². The van der Waals surface area contributed by atoms with Gasteiger partial charge in [0.05, 0.1) is 6.17 Å². The fraction of sp³-hybridized carbons (Fsp3) is 0.962. The van der Waals surface area contributed by atoms with Gasteiger partial charge in [0.2, 0.25) is 5.91 Å². The van der Waals surface area contributed by atoms with Crippen LogP contribution in [0.15, 0.2) is 0 Å². The molecule has 4 heteroatoms. The van der Waals surface area contributed by atoms with Crippen LogP contribution in [0.3, 0.4) is 0 Å². The lowest BCUT2D eigenvalue weighted by Gasteiger charge is -2.69. The zero-order valence-corrected chi connectivity index (χ0v) is 21.3. The molecule has 6 aliphatic heterocycles. The van der Waals surface area contributed by atoms with Gasteiger partial charge in [0, 0.05) is 28.1 Å². The predicted octanol–water partition coefficient (Wildman–Crippen LogP) is 5.55. The van der Waals surface area contributed by atoms with E-state index in [1.807, 2.05) is 0 Å². The topological polar surface area (TPSA) is 49.6 Å². The van der Waals surface area contributed by atoms with Gasteiger partial charge in [0.1, 0.15) is 0 Å². The second-order valence-electron chi connectivity index (χ2n) is 13.2. The van der Waals surface area contributed by atoms with Gasteiger partial charge >= 0.3 is 0 Å². The zero-order valence-electron chi connectivity index (χ0n) is 21.3. The lowest BCUT2D eigenvalue weighted by Crippen LogP contribution is -2.76. The lowest BCUT2D eigenvalue weighted by atomic mass is 9.59. The molecule has 0 radical (unpaired) electrons. The summed E-state index contributed by atoms with van der Waals surface area (Å²) in [6.45, 7) is 21.7. The smallest absolute Gasteiger partial charge is 0.221 e. The Morgan fingerprint density at radius 3 is 1.43 bits per heavy atom. The molecule has 6 heterocycles. The molecule has 0 unspecified atom stereocenters. The molecule has 0 aromatic carbocycles. The van der Waals surface area contributed by atoms with Gasteiger partial charge in [0.25, 0.3) is 0 Å². The Kier molecular flexibility index (Phi) is 6.22. The van der Waals surface area contributed by atoms with Crippen molar-refractivity contribution in [3.8, 4) is 0 Å². The van der Waals surface area contributed by atoms with Gasteiger partial charge in [-0.3, -0.25) is 14.6 Å². The molecule has 4 bridgehead atoms. The average molecular weight is 420 g/mol. The molecule has 6 rings (SSSR count). The number of hydrogen-bond acceptors (Lipinski definition) is 3. The molecule has 2 N–H and O–H groups in total. The minimum Gasteiger partial charge on any atom is -0.369 e. The summed E-state index contributed by atoms with van der Waals surface area (Å²) in [6.07, 6.45) is 9.77. The van der Waals surface area contributed by atoms with Crippen LogP contribution in [-0.4, -0.2) is 44.0 Å². The molecule has 6 fully saturated rings. The number of unbranched alkanes of at least 4 members (excludes halogenated alkanes) is 2. The van der Waals surface area contributed by atoms with Crippen molar-refractivity contribution >= 4 is 5.91 Å². The van der Waals surface area contributed by atoms with Crippen LogP contribution < -0.4 is 5.73 Å². The Labute approximate surface area is 186 Å². The van der Waals surface area contributed by atoms with Crippen molar-refractivity contribution in [3.63, 3.8) is 0 Å². The van der Waals surface area contributed by atoms with Gasteiger partial charge in [-0.05, 0) is 99.3 Å². The van der Waals surface area contributed by atoms with Gasteiger partial charge in [-0.25, -0.2) is 0 Å². The van der Waals surface area contributed by atoms with Gasteiger partial charge in [-0.1, -0.05) is 26.2 Å². The lowest BCUT2D eigenvalue weighted by molar-refractivity contribution is -0.216. The molecular formula is C26H49N3O. The van der Waals surface area contributed by atoms with E-state index in [4.69, 9.17) is 5.73 Å². The number of carbonyl (C=O) groups is 1. The Balaban J connectivity index is 2.20. The molecule has 6 saturated heterocycles. The van der Waals surface area contributed by atoms with E-state index in [0.29, 0.717) is 18.0 Å². The van der Waals surface area contributed by atoms with Gasteiger partial charge in [-0.15, -0.1) is 0 Å². The molecule has 0 aromatic heterocycles. The molecule has 0 aromatic rings. The van der Waals surface area contributed by atoms with Crippen molar-refractivity contribution in [2.75, 3.05) is 0 Å². The highest BCUT2D eigenvalue weighted by Crippen LogP contribution is 2.56. The van der Waals surface area contributed by atoms with Crippen molar-refractivity contribution in [2.45, 2.75) is 142 Å². The first-order chi connectivity index (χ1) is 13.6. The molecule has 30 heavy (non-hydrogen) atoms. The third kappa shape index (κ3) is 4.08. The maximum atomic E-state index is 12.9. The number of hydrogen-bond donors (Lipinski definition) is 1. The molecule has 1 amide bonds. The van der Waals surface area contributed by atoms with Crippen LogP contribution in [0.25, 0.3) is 0 Å². The number of piperidine rings is 2. The number of carbonyl (C=O) groups excluding carboxylic acids is 1. The van der Waals surface area contributed by atoms with Crippen LogP contribution in [0.2, 0.25) is 0 Å². The summed E-state index contributed by atoms with van der Waals surface area (Å²) in [6, 6.07) is 0. The van der Waals surface area contributed by atoms with E-state index in [1.165, 1.54) is 25.7 Å². The Morgan fingerprint density at radius 1 is 0.767 bits per heavy atom. The fourth-order valence-corrected chi connectivity index (χ4v) is 8.66. The van der Waals surface area contributed by atoms with Crippen molar-refractivity contribution in [2.24, 2.45) is 23.5 Å². The highest BCUT2D eigenvalue weighted by atomic mass is 16.1. The molecular weight excluding hydrogens is 370 g/mol. The first-order valence-electron chi connectivity index (χ1n) is 12.5. The van der Waals surface area contributed by atoms with E-state index in [-0.39, 0.29) is 34.0 Å². The SMILES string of the molecule is CCCCCC1N2C(C)(C)CC(CC2(C)C)C(C(N)=O)C2CC(C)(C)N1C(C)(C)C2. The minimum absolute atomic E-state index is 0.0111. The molecule has 0 saturated carbocycles. The molecule has 0 spiro atoms. The fourth-order valence-electron chi connectivity index (χ4n) is 8.66. The van der Waals surface area contributed by atoms with E-state index in [1.54, 1.807) is 0 Å². The first-order valence-corrected chi connectivity index (χ1v) is 12.5. The second-order valence-corrected chi connectivity index (χ2v) is 13.2. The van der Waals surface area contributed by atoms with Crippen LogP contribution >= 0.6 is 0 Å². The Hall–Kier alpha value is -0.610. The first kappa shape index (κ1) is 24.0. The van der Waals surface area contributed by atoms with E-state index in [2.05, 4.69) is 72.1 Å². The number of amides is 1. The van der Waals surface area contributed by atoms with Crippen LogP contribution in [-0.2, 0) is 4.79 Å². The average Bonchev–Trinajstić information content (AvgIpc) is 2.49. The van der Waals surface area contributed by atoms with E-state index in [0.717, 1.165) is 25.7 Å².